The molecule has 1 aromatic rings. The lowest BCUT2D eigenvalue weighted by Crippen LogP contribution is -2.39. The van der Waals surface area contributed by atoms with Crippen LogP contribution < -0.4 is 0 Å². The van der Waals surface area contributed by atoms with Crippen LogP contribution in [0.5, 0.6) is 0 Å². The van der Waals surface area contributed by atoms with E-state index in [2.05, 4.69) is 0 Å². The average Bonchev–Trinajstić information content (AvgIpc) is 2.62. The lowest BCUT2D eigenvalue weighted by Gasteiger charge is -2.25. The predicted molar refractivity (Wildman–Crippen MR) is 64.2 cm³/mol. The zero-order chi connectivity index (χ0) is 13.2. The second-order valence-corrected chi connectivity index (χ2v) is 5.43. The third-order valence-electron chi connectivity index (χ3n) is 1.95. The van der Waals surface area contributed by atoms with E-state index in [1.807, 2.05) is 0 Å². The highest BCUT2D eigenvalue weighted by atomic mass is 32.1. The highest BCUT2D eigenvalue weighted by Gasteiger charge is 2.23. The minimum Gasteiger partial charge on any atom is -0.389 e. The molecular weight excluding hydrogens is 244 g/mol. The van der Waals surface area contributed by atoms with Gasteiger partial charge in [0.05, 0.1) is 15.4 Å². The first-order valence-corrected chi connectivity index (χ1v) is 5.74. The van der Waals surface area contributed by atoms with Crippen molar-refractivity contribution >= 4 is 22.2 Å². The molecule has 7 heteroatoms. The van der Waals surface area contributed by atoms with Crippen molar-refractivity contribution in [2.75, 3.05) is 13.6 Å². The Kier molecular flexibility index (Phi) is 3.84. The predicted octanol–water partition coefficient (Wildman–Crippen LogP) is 1.50. The molecule has 0 atom stereocenters. The lowest BCUT2D eigenvalue weighted by molar-refractivity contribution is -0.380. The van der Waals surface area contributed by atoms with E-state index < -0.39 is 10.5 Å². The summed E-state index contributed by atoms with van der Waals surface area (Å²) < 4.78 is 0. The molecule has 1 rings (SSSR count). The van der Waals surface area contributed by atoms with Crippen LogP contribution >= 0.6 is 11.3 Å². The van der Waals surface area contributed by atoms with Crippen LogP contribution in [0.4, 0.5) is 5.00 Å². The van der Waals surface area contributed by atoms with Gasteiger partial charge in [-0.05, 0) is 19.9 Å². The molecule has 1 heterocycles. The normalized spacial score (nSPS) is 11.3. The summed E-state index contributed by atoms with van der Waals surface area (Å²) in [5.41, 5.74) is -0.992. The summed E-state index contributed by atoms with van der Waals surface area (Å²) in [6, 6.07) is 2.72. The van der Waals surface area contributed by atoms with E-state index in [1.165, 1.54) is 17.0 Å². The number of nitro groups is 1. The molecule has 0 fully saturated rings. The molecule has 94 valence electrons. The van der Waals surface area contributed by atoms with Crippen molar-refractivity contribution in [2.24, 2.45) is 0 Å². The third-order valence-corrected chi connectivity index (χ3v) is 2.98. The lowest BCUT2D eigenvalue weighted by atomic mass is 10.1. The zero-order valence-corrected chi connectivity index (χ0v) is 10.7. The summed E-state index contributed by atoms with van der Waals surface area (Å²) in [6.07, 6.45) is 0. The molecule has 0 aliphatic carbocycles. The van der Waals surface area contributed by atoms with Crippen molar-refractivity contribution in [3.8, 4) is 0 Å². The molecule has 0 spiro atoms. The summed E-state index contributed by atoms with van der Waals surface area (Å²) >= 11 is 0.831. The molecule has 0 aromatic carbocycles. The Bertz CT molecular complexity index is 436. The Labute approximate surface area is 103 Å². The number of nitrogens with zero attached hydrogens (tertiary/aromatic N) is 2. The molecule has 0 aliphatic rings. The number of likely N-dealkylation sites (N-methyl/N-ethyl adjacent to an activating group) is 1. The van der Waals surface area contributed by atoms with E-state index in [4.69, 9.17) is 0 Å². The van der Waals surface area contributed by atoms with Gasteiger partial charge in [-0.15, -0.1) is 0 Å². The van der Waals surface area contributed by atoms with E-state index in [1.54, 1.807) is 20.9 Å². The maximum Gasteiger partial charge on any atom is 0.324 e. The Morgan fingerprint density at radius 1 is 1.59 bits per heavy atom. The Morgan fingerprint density at radius 2 is 2.18 bits per heavy atom. The Hall–Kier alpha value is -1.47. The van der Waals surface area contributed by atoms with Gasteiger partial charge in [0.15, 0.2) is 0 Å². The maximum absolute atomic E-state index is 11.9. The fourth-order valence-corrected chi connectivity index (χ4v) is 2.20. The van der Waals surface area contributed by atoms with Gasteiger partial charge >= 0.3 is 5.00 Å². The number of aliphatic hydroxyl groups is 1. The van der Waals surface area contributed by atoms with E-state index in [-0.39, 0.29) is 17.5 Å². The molecule has 0 saturated carbocycles. The van der Waals surface area contributed by atoms with Crippen molar-refractivity contribution in [1.82, 2.24) is 4.90 Å². The summed E-state index contributed by atoms with van der Waals surface area (Å²) in [7, 11) is 1.55. The summed E-state index contributed by atoms with van der Waals surface area (Å²) in [4.78, 5) is 23.5. The molecule has 1 amide bonds. The molecule has 17 heavy (non-hydrogen) atoms. The van der Waals surface area contributed by atoms with Crippen molar-refractivity contribution in [2.45, 2.75) is 19.4 Å². The highest BCUT2D eigenvalue weighted by molar-refractivity contribution is 7.17. The van der Waals surface area contributed by atoms with Gasteiger partial charge in [0.2, 0.25) is 0 Å². The van der Waals surface area contributed by atoms with Gasteiger partial charge in [-0.1, -0.05) is 11.3 Å². The molecule has 0 unspecified atom stereocenters. The van der Waals surface area contributed by atoms with Crippen LogP contribution in [0.1, 0.15) is 23.5 Å². The van der Waals surface area contributed by atoms with Crippen LogP contribution in [-0.2, 0) is 0 Å². The minimum atomic E-state index is -0.992. The zero-order valence-electron chi connectivity index (χ0n) is 9.84. The Balaban J connectivity index is 2.78. The fraction of sp³-hybridized carbons (Fsp3) is 0.500. The van der Waals surface area contributed by atoms with Crippen LogP contribution in [0.2, 0.25) is 0 Å². The smallest absolute Gasteiger partial charge is 0.324 e. The molecule has 0 saturated heterocycles. The second-order valence-electron chi connectivity index (χ2n) is 4.37. The van der Waals surface area contributed by atoms with Gasteiger partial charge in [0, 0.05) is 19.7 Å². The summed E-state index contributed by atoms with van der Waals surface area (Å²) in [5, 5.41) is 20.0. The average molecular weight is 258 g/mol. The van der Waals surface area contributed by atoms with E-state index in [0.29, 0.717) is 4.88 Å². The van der Waals surface area contributed by atoms with Gasteiger partial charge in [0.25, 0.3) is 5.91 Å². The molecule has 1 N–H and O–H groups in total. The first-order valence-electron chi connectivity index (χ1n) is 4.93. The van der Waals surface area contributed by atoms with Crippen molar-refractivity contribution in [3.63, 3.8) is 0 Å². The number of hydrogen-bond donors (Lipinski definition) is 1. The van der Waals surface area contributed by atoms with E-state index in [0.717, 1.165) is 11.3 Å². The first-order chi connectivity index (χ1) is 7.70. The number of carbonyl (C=O) groups is 1. The standard InChI is InChI=1S/C10H14N2O4S/c1-10(2,14)6-11(3)9(13)7-4-5-8(17-7)12(15)16/h4-5,14H,6H2,1-3H3. The monoisotopic (exact) mass is 258 g/mol. The van der Waals surface area contributed by atoms with Crippen molar-refractivity contribution < 1.29 is 14.8 Å². The van der Waals surface area contributed by atoms with Gasteiger partial charge in [-0.25, -0.2) is 0 Å². The quantitative estimate of drug-likeness (QED) is 0.655. The van der Waals surface area contributed by atoms with Crippen LogP contribution in [0.25, 0.3) is 0 Å². The van der Waals surface area contributed by atoms with Gasteiger partial charge in [-0.2, -0.15) is 0 Å². The summed E-state index contributed by atoms with van der Waals surface area (Å²) in [6.45, 7) is 3.35. The van der Waals surface area contributed by atoms with E-state index >= 15 is 0 Å². The van der Waals surface area contributed by atoms with Gasteiger partial charge in [0.1, 0.15) is 0 Å². The number of rotatable bonds is 4. The number of amides is 1. The number of carbonyl (C=O) groups excluding carboxylic acids is 1. The fourth-order valence-electron chi connectivity index (χ4n) is 1.38. The third kappa shape index (κ3) is 3.79. The molecule has 0 bridgehead atoms. The second kappa shape index (κ2) is 4.80. The molecule has 6 nitrogen and oxygen atoms in total. The van der Waals surface area contributed by atoms with Gasteiger partial charge in [-0.3, -0.25) is 14.9 Å². The SMILES string of the molecule is CN(CC(C)(C)O)C(=O)c1ccc([N+](=O)[O-])s1. The number of thiophene rings is 1. The molecule has 0 radical (unpaired) electrons. The maximum atomic E-state index is 11.9. The topological polar surface area (TPSA) is 83.7 Å². The molecule has 1 aromatic heterocycles. The van der Waals surface area contributed by atoms with E-state index in [9.17, 15) is 20.0 Å². The molecular formula is C10H14N2O4S. The molecule has 0 aliphatic heterocycles. The van der Waals surface area contributed by atoms with Crippen molar-refractivity contribution in [1.29, 1.82) is 0 Å². The van der Waals surface area contributed by atoms with Crippen molar-refractivity contribution in [3.05, 3.63) is 27.1 Å². The van der Waals surface area contributed by atoms with Gasteiger partial charge < -0.3 is 10.0 Å². The van der Waals surface area contributed by atoms with Crippen LogP contribution in [0.15, 0.2) is 12.1 Å². The Morgan fingerprint density at radius 3 is 2.59 bits per heavy atom. The van der Waals surface area contributed by atoms with Crippen LogP contribution in [0, 0.1) is 10.1 Å². The minimum absolute atomic E-state index is 0.0648. The van der Waals surface area contributed by atoms with Crippen LogP contribution in [-0.4, -0.2) is 40.0 Å². The summed E-state index contributed by atoms with van der Waals surface area (Å²) in [5.74, 6) is -0.328. The highest BCUT2D eigenvalue weighted by Crippen LogP contribution is 2.25. The largest absolute Gasteiger partial charge is 0.389 e. The number of hydrogen-bond acceptors (Lipinski definition) is 5. The van der Waals surface area contributed by atoms with Crippen LogP contribution in [0.3, 0.4) is 0 Å². The first kappa shape index (κ1) is 13.6.